The van der Waals surface area contributed by atoms with Crippen LogP contribution in [0.2, 0.25) is 0 Å². The van der Waals surface area contributed by atoms with Crippen molar-refractivity contribution < 1.29 is 14.6 Å². The first-order valence-corrected chi connectivity index (χ1v) is 6.63. The van der Waals surface area contributed by atoms with Gasteiger partial charge in [-0.2, -0.15) is 0 Å². The maximum absolute atomic E-state index is 11.3. The first kappa shape index (κ1) is 16.2. The van der Waals surface area contributed by atoms with E-state index < -0.39 is 0 Å². The topological polar surface area (TPSA) is 46.5 Å². The van der Waals surface area contributed by atoms with Crippen molar-refractivity contribution in [2.45, 2.75) is 58.8 Å². The third-order valence-electron chi connectivity index (χ3n) is 2.79. The molecule has 0 aromatic heterocycles. The van der Waals surface area contributed by atoms with Crippen molar-refractivity contribution in [3.63, 3.8) is 0 Å². The SMILES string of the molecule is C/C=C(\C)C(=O)OCCCCCCCCCO. The Morgan fingerprint density at radius 2 is 1.59 bits per heavy atom. The van der Waals surface area contributed by atoms with Crippen molar-refractivity contribution in [3.05, 3.63) is 11.6 Å². The maximum Gasteiger partial charge on any atom is 0.333 e. The molecule has 0 aliphatic heterocycles. The van der Waals surface area contributed by atoms with Crippen molar-refractivity contribution in [2.75, 3.05) is 13.2 Å². The number of unbranched alkanes of at least 4 members (excludes halogenated alkanes) is 6. The summed E-state index contributed by atoms with van der Waals surface area (Å²) in [7, 11) is 0. The summed E-state index contributed by atoms with van der Waals surface area (Å²) in [4.78, 5) is 11.3. The number of carbonyl (C=O) groups excluding carboxylic acids is 1. The number of esters is 1. The fourth-order valence-electron chi connectivity index (χ4n) is 1.49. The van der Waals surface area contributed by atoms with Crippen LogP contribution in [0, 0.1) is 0 Å². The summed E-state index contributed by atoms with van der Waals surface area (Å²) in [5.41, 5.74) is 0.675. The Morgan fingerprint density at radius 3 is 2.12 bits per heavy atom. The van der Waals surface area contributed by atoms with E-state index in [0.717, 1.165) is 25.7 Å². The van der Waals surface area contributed by atoms with E-state index in [1.165, 1.54) is 19.3 Å². The van der Waals surface area contributed by atoms with E-state index in [9.17, 15) is 4.79 Å². The summed E-state index contributed by atoms with van der Waals surface area (Å²) in [6.45, 7) is 4.44. The van der Waals surface area contributed by atoms with Gasteiger partial charge < -0.3 is 9.84 Å². The fraction of sp³-hybridized carbons (Fsp3) is 0.786. The second kappa shape index (κ2) is 11.6. The summed E-state index contributed by atoms with van der Waals surface area (Å²) in [5, 5.41) is 8.60. The highest BCUT2D eigenvalue weighted by atomic mass is 16.5. The van der Waals surface area contributed by atoms with E-state index in [1.807, 2.05) is 6.92 Å². The van der Waals surface area contributed by atoms with Gasteiger partial charge >= 0.3 is 5.97 Å². The molecule has 0 aromatic carbocycles. The molecule has 17 heavy (non-hydrogen) atoms. The normalized spacial score (nSPS) is 11.6. The Balaban J connectivity index is 3.21. The molecule has 0 saturated heterocycles. The fourth-order valence-corrected chi connectivity index (χ4v) is 1.49. The second-order valence-electron chi connectivity index (χ2n) is 4.31. The number of rotatable bonds is 10. The van der Waals surface area contributed by atoms with Gasteiger partial charge in [0.2, 0.25) is 0 Å². The molecule has 0 spiro atoms. The molecule has 3 heteroatoms. The molecule has 0 bridgehead atoms. The molecule has 0 heterocycles. The van der Waals surface area contributed by atoms with Gasteiger partial charge in [0.15, 0.2) is 0 Å². The minimum Gasteiger partial charge on any atom is -0.462 e. The van der Waals surface area contributed by atoms with Gasteiger partial charge in [-0.05, 0) is 26.7 Å². The van der Waals surface area contributed by atoms with Crippen molar-refractivity contribution in [3.8, 4) is 0 Å². The zero-order chi connectivity index (χ0) is 12.9. The zero-order valence-corrected chi connectivity index (χ0v) is 11.2. The first-order chi connectivity index (χ1) is 8.22. The number of hydrogen-bond acceptors (Lipinski definition) is 3. The van der Waals surface area contributed by atoms with Crippen LogP contribution in [0.4, 0.5) is 0 Å². The van der Waals surface area contributed by atoms with E-state index in [0.29, 0.717) is 18.8 Å². The van der Waals surface area contributed by atoms with Gasteiger partial charge in [-0.3, -0.25) is 0 Å². The summed E-state index contributed by atoms with van der Waals surface area (Å²) in [5.74, 6) is -0.199. The number of allylic oxidation sites excluding steroid dienone is 1. The standard InChI is InChI=1S/C14H26O3/c1-3-13(2)14(16)17-12-10-8-6-4-5-7-9-11-15/h3,15H,4-12H2,1-2H3/b13-3+. The molecule has 100 valence electrons. The molecule has 0 radical (unpaired) electrons. The second-order valence-corrected chi connectivity index (χ2v) is 4.31. The van der Waals surface area contributed by atoms with E-state index in [4.69, 9.17) is 9.84 Å². The van der Waals surface area contributed by atoms with Crippen molar-refractivity contribution >= 4 is 5.97 Å². The Kier molecular flexibility index (Phi) is 11.1. The molecule has 0 rings (SSSR count). The number of carbonyl (C=O) groups is 1. The van der Waals surface area contributed by atoms with Crippen molar-refractivity contribution in [2.24, 2.45) is 0 Å². The third kappa shape index (κ3) is 10.1. The van der Waals surface area contributed by atoms with Gasteiger partial charge in [-0.1, -0.05) is 38.2 Å². The predicted octanol–water partition coefficient (Wildman–Crippen LogP) is 3.22. The van der Waals surface area contributed by atoms with Gasteiger partial charge in [-0.25, -0.2) is 4.79 Å². The molecule has 0 atom stereocenters. The highest BCUT2D eigenvalue weighted by molar-refractivity contribution is 5.87. The lowest BCUT2D eigenvalue weighted by Crippen LogP contribution is -2.06. The Hall–Kier alpha value is -0.830. The Morgan fingerprint density at radius 1 is 1.06 bits per heavy atom. The van der Waals surface area contributed by atoms with Crippen LogP contribution in [-0.2, 0) is 9.53 Å². The summed E-state index contributed by atoms with van der Waals surface area (Å²) in [6, 6.07) is 0. The molecular weight excluding hydrogens is 216 g/mol. The van der Waals surface area contributed by atoms with E-state index in [2.05, 4.69) is 0 Å². The first-order valence-electron chi connectivity index (χ1n) is 6.63. The summed E-state index contributed by atoms with van der Waals surface area (Å²) >= 11 is 0. The molecule has 0 fully saturated rings. The molecule has 0 amide bonds. The molecule has 0 aliphatic rings. The number of hydrogen-bond donors (Lipinski definition) is 1. The molecule has 0 aromatic rings. The molecule has 0 aliphatic carbocycles. The van der Waals surface area contributed by atoms with Gasteiger partial charge in [0.05, 0.1) is 6.61 Å². The Labute approximate surface area is 105 Å². The minimum absolute atomic E-state index is 0.199. The smallest absolute Gasteiger partial charge is 0.333 e. The van der Waals surface area contributed by atoms with Crippen molar-refractivity contribution in [1.29, 1.82) is 0 Å². The van der Waals surface area contributed by atoms with Gasteiger partial charge in [-0.15, -0.1) is 0 Å². The predicted molar refractivity (Wildman–Crippen MR) is 69.8 cm³/mol. The third-order valence-corrected chi connectivity index (χ3v) is 2.79. The van der Waals surface area contributed by atoms with Crippen LogP contribution in [0.3, 0.4) is 0 Å². The molecular formula is C14H26O3. The van der Waals surface area contributed by atoms with E-state index in [-0.39, 0.29) is 5.97 Å². The van der Waals surface area contributed by atoms with Crippen LogP contribution in [0.5, 0.6) is 0 Å². The average Bonchev–Trinajstić information content (AvgIpc) is 2.35. The Bertz CT molecular complexity index is 222. The largest absolute Gasteiger partial charge is 0.462 e. The quantitative estimate of drug-likeness (QED) is 0.363. The van der Waals surface area contributed by atoms with Crippen LogP contribution < -0.4 is 0 Å². The molecule has 0 unspecified atom stereocenters. The highest BCUT2D eigenvalue weighted by Crippen LogP contribution is 2.07. The highest BCUT2D eigenvalue weighted by Gasteiger charge is 2.03. The number of aliphatic hydroxyl groups is 1. The van der Waals surface area contributed by atoms with Gasteiger partial charge in [0, 0.05) is 12.2 Å². The summed E-state index contributed by atoms with van der Waals surface area (Å²) < 4.78 is 5.10. The maximum atomic E-state index is 11.3. The lowest BCUT2D eigenvalue weighted by atomic mass is 10.1. The van der Waals surface area contributed by atoms with Crippen LogP contribution >= 0.6 is 0 Å². The lowest BCUT2D eigenvalue weighted by Gasteiger charge is -2.04. The zero-order valence-electron chi connectivity index (χ0n) is 11.2. The van der Waals surface area contributed by atoms with Gasteiger partial charge in [0.25, 0.3) is 0 Å². The summed E-state index contributed by atoms with van der Waals surface area (Å²) in [6.07, 6.45) is 9.45. The van der Waals surface area contributed by atoms with Crippen LogP contribution in [0.1, 0.15) is 58.8 Å². The molecule has 0 saturated carbocycles. The number of ether oxygens (including phenoxy) is 1. The van der Waals surface area contributed by atoms with Crippen molar-refractivity contribution in [1.82, 2.24) is 0 Å². The van der Waals surface area contributed by atoms with Crippen LogP contribution in [-0.4, -0.2) is 24.3 Å². The van der Waals surface area contributed by atoms with E-state index in [1.54, 1.807) is 13.0 Å². The van der Waals surface area contributed by atoms with Gasteiger partial charge in [0.1, 0.15) is 0 Å². The average molecular weight is 242 g/mol. The molecule has 1 N–H and O–H groups in total. The minimum atomic E-state index is -0.199. The van der Waals surface area contributed by atoms with Crippen LogP contribution in [0.15, 0.2) is 11.6 Å². The van der Waals surface area contributed by atoms with Crippen LogP contribution in [0.25, 0.3) is 0 Å². The molecule has 3 nitrogen and oxygen atoms in total. The number of aliphatic hydroxyl groups excluding tert-OH is 1. The van der Waals surface area contributed by atoms with E-state index >= 15 is 0 Å². The lowest BCUT2D eigenvalue weighted by molar-refractivity contribution is -0.139. The monoisotopic (exact) mass is 242 g/mol.